The van der Waals surface area contributed by atoms with Crippen molar-refractivity contribution in [3.63, 3.8) is 0 Å². The van der Waals surface area contributed by atoms with Crippen molar-refractivity contribution in [3.05, 3.63) is 131 Å². The number of carbonyl (C=O) groups excluding carboxylic acids is 4. The minimum atomic E-state index is -4.67. The Morgan fingerprint density at radius 2 is 0.915 bits per heavy atom. The number of nitrogens with one attached hydrogen (secondary N) is 2. The molecule has 8 N–H and O–H groups in total. The fourth-order valence-electron chi connectivity index (χ4n) is 7.63. The molecule has 4 heterocycles. The quantitative estimate of drug-likeness (QED) is 0.0473. The second-order valence-electron chi connectivity index (χ2n) is 17.8. The largest absolute Gasteiger partial charge is 0.399 e. The average Bonchev–Trinajstić information content (AvgIpc) is 3.80. The molecule has 0 fully saturated rings. The van der Waals surface area contributed by atoms with Crippen LogP contribution in [0.3, 0.4) is 0 Å². The van der Waals surface area contributed by atoms with E-state index in [-0.39, 0.29) is 47.0 Å². The van der Waals surface area contributed by atoms with Crippen molar-refractivity contribution >= 4 is 73.8 Å². The molecule has 4 aromatic rings. The van der Waals surface area contributed by atoms with E-state index in [2.05, 4.69) is 10.6 Å². The maximum Gasteiger partial charge on any atom is 0.394 e. The first-order valence-electron chi connectivity index (χ1n) is 21.6. The number of nitro groups is 2. The first kappa shape index (κ1) is 59.5. The molecule has 4 aromatic carbocycles. The number of aliphatic hydroxyl groups is 1. The molecule has 71 heavy (non-hydrogen) atoms. The van der Waals surface area contributed by atoms with Gasteiger partial charge in [-0.15, -0.1) is 10.1 Å². The van der Waals surface area contributed by atoms with E-state index in [0.717, 1.165) is 33.8 Å². The van der Waals surface area contributed by atoms with E-state index in [1.165, 1.54) is 24.3 Å². The standard InChI is InChI=1S/C12H14N2O3.C12H16N2O.C10H10N2O3.C10H11NO.C2H6O.HNO3.H2O4S/c1-4-13-10-6-5-8(14(16)17)7-9(10)12(2,3)11(13)15;1-4-14-10-6-5-8(13)7-9(10)12(2,3)11(14)15;1-10(2)7-5-6(12(14)15)3-4-8(7)11-9(10)13;1-10(2)7-5-3-4-6-8(7)11-9(10)12;1-2-3;2-1(3)4;1-5(2,3)4/h5-7H,4H2,1-3H3;5-7H,4,13H2,1-3H3;3-5H,1-2H3,(H,11,13);3-6H,1-2H3,(H,11,12);3H,2H2,1H3;(H,2,3,4);(H2,1,2,3,4). The second-order valence-corrected chi connectivity index (χ2v) is 18.7. The minimum Gasteiger partial charge on any atom is -0.399 e. The molecular weight excluding hydrogens is 953 g/mol. The fourth-order valence-corrected chi connectivity index (χ4v) is 7.63. The summed E-state index contributed by atoms with van der Waals surface area (Å²) in [6.45, 7) is 22.0. The van der Waals surface area contributed by atoms with Crippen LogP contribution in [0.5, 0.6) is 0 Å². The predicted molar refractivity (Wildman–Crippen MR) is 265 cm³/mol. The molecule has 0 spiro atoms. The third-order valence-corrected chi connectivity index (χ3v) is 11.5. The van der Waals surface area contributed by atoms with Crippen LogP contribution in [0.25, 0.3) is 0 Å². The Bertz CT molecular complexity index is 2780. The van der Waals surface area contributed by atoms with Gasteiger partial charge in [0.15, 0.2) is 0 Å². The molecule has 0 saturated carbocycles. The predicted octanol–water partition coefficient (Wildman–Crippen LogP) is 6.89. The van der Waals surface area contributed by atoms with Gasteiger partial charge in [-0.05, 0) is 135 Å². The summed E-state index contributed by atoms with van der Waals surface area (Å²) in [5.41, 5.74) is 11.3. The summed E-state index contributed by atoms with van der Waals surface area (Å²) < 4.78 is 31.6. The molecule has 0 saturated heterocycles. The lowest BCUT2D eigenvalue weighted by atomic mass is 9.86. The van der Waals surface area contributed by atoms with E-state index in [1.807, 2.05) is 88.9 Å². The molecule has 4 amide bonds. The number of rotatable bonds is 4. The van der Waals surface area contributed by atoms with Crippen LogP contribution in [-0.2, 0) is 51.2 Å². The minimum absolute atomic E-state index is 0.00417. The first-order chi connectivity index (χ1) is 32.6. The van der Waals surface area contributed by atoms with Gasteiger partial charge in [-0.3, -0.25) is 48.5 Å². The van der Waals surface area contributed by atoms with Gasteiger partial charge in [0.05, 0.1) is 31.5 Å². The highest BCUT2D eigenvalue weighted by Crippen LogP contribution is 2.44. The summed E-state index contributed by atoms with van der Waals surface area (Å²) in [4.78, 5) is 79.6. The topological polar surface area (TPSA) is 369 Å². The summed E-state index contributed by atoms with van der Waals surface area (Å²) in [5.74, 6) is 0.114. The van der Waals surface area contributed by atoms with Gasteiger partial charge in [-0.2, -0.15) is 8.42 Å². The van der Waals surface area contributed by atoms with Crippen molar-refractivity contribution in [2.75, 3.05) is 45.9 Å². The third-order valence-electron chi connectivity index (χ3n) is 11.5. The average molecular weight is 1010 g/mol. The number of hydrogen-bond acceptors (Lipinski definition) is 14. The summed E-state index contributed by atoms with van der Waals surface area (Å²) in [5, 5.41) is 48.1. The number of amides is 4. The van der Waals surface area contributed by atoms with Crippen molar-refractivity contribution < 1.29 is 61.9 Å². The Kier molecular flexibility index (Phi) is 19.6. The number of para-hydroxylation sites is 1. The lowest BCUT2D eigenvalue weighted by molar-refractivity contribution is -0.742. The molecule has 8 rings (SSSR count). The van der Waals surface area contributed by atoms with E-state index in [4.69, 9.17) is 43.7 Å². The molecule has 4 aliphatic rings. The van der Waals surface area contributed by atoms with Crippen molar-refractivity contribution in [2.24, 2.45) is 0 Å². The van der Waals surface area contributed by atoms with Crippen LogP contribution in [0.1, 0.15) is 98.4 Å². The van der Waals surface area contributed by atoms with Gasteiger partial charge in [0, 0.05) is 72.4 Å². The number of likely N-dealkylation sites (N-methyl/N-ethyl adjacent to an activating group) is 2. The van der Waals surface area contributed by atoms with Crippen molar-refractivity contribution in [1.29, 1.82) is 0 Å². The van der Waals surface area contributed by atoms with E-state index in [1.54, 1.807) is 51.7 Å². The van der Waals surface area contributed by atoms with Gasteiger partial charge in [0.1, 0.15) is 0 Å². The maximum absolute atomic E-state index is 12.2. The molecule has 0 radical (unpaired) electrons. The number of carbonyl (C=O) groups is 4. The molecule has 24 nitrogen and oxygen atoms in total. The Morgan fingerprint density at radius 1 is 0.577 bits per heavy atom. The molecule has 0 unspecified atom stereocenters. The van der Waals surface area contributed by atoms with Gasteiger partial charge in [0.2, 0.25) is 23.6 Å². The first-order valence-corrected chi connectivity index (χ1v) is 22.9. The number of nitro benzene ring substituents is 2. The molecule has 25 heteroatoms. The highest BCUT2D eigenvalue weighted by atomic mass is 32.3. The summed E-state index contributed by atoms with van der Waals surface area (Å²) >= 11 is 0. The van der Waals surface area contributed by atoms with Gasteiger partial charge in [0.25, 0.3) is 16.5 Å². The molecule has 386 valence electrons. The van der Waals surface area contributed by atoms with E-state index >= 15 is 0 Å². The lowest BCUT2D eigenvalue weighted by Crippen LogP contribution is -2.35. The molecule has 4 aliphatic heterocycles. The Morgan fingerprint density at radius 3 is 1.31 bits per heavy atom. The maximum atomic E-state index is 12.2. The van der Waals surface area contributed by atoms with Crippen LogP contribution >= 0.6 is 0 Å². The van der Waals surface area contributed by atoms with Crippen LogP contribution in [0.15, 0.2) is 78.9 Å². The lowest BCUT2D eigenvalue weighted by Gasteiger charge is -2.18. The Labute approximate surface area is 409 Å². The molecule has 0 aliphatic carbocycles. The molecule has 0 aromatic heterocycles. The summed E-state index contributed by atoms with van der Waals surface area (Å²) in [6, 6.07) is 22.5. The van der Waals surface area contributed by atoms with Crippen LogP contribution in [-0.4, -0.2) is 86.1 Å². The van der Waals surface area contributed by atoms with Gasteiger partial charge in [-0.25, -0.2) is 0 Å². The smallest absolute Gasteiger partial charge is 0.394 e. The summed E-state index contributed by atoms with van der Waals surface area (Å²) in [6.07, 6.45) is 0. The van der Waals surface area contributed by atoms with Crippen LogP contribution in [0, 0.1) is 30.3 Å². The van der Waals surface area contributed by atoms with Crippen LogP contribution in [0.2, 0.25) is 0 Å². The monoisotopic (exact) mass is 1010 g/mol. The zero-order valence-electron chi connectivity index (χ0n) is 41.0. The molecule has 0 atom stereocenters. The Hall–Kier alpha value is -7.61. The Balaban J connectivity index is 0.000000302. The number of benzene rings is 4. The van der Waals surface area contributed by atoms with Gasteiger partial charge in [-0.1, -0.05) is 18.2 Å². The number of nitrogen functional groups attached to an aromatic ring is 1. The normalized spacial score (nSPS) is 16.1. The zero-order valence-corrected chi connectivity index (χ0v) is 41.9. The number of anilines is 5. The third kappa shape index (κ3) is 14.2. The van der Waals surface area contributed by atoms with Gasteiger partial charge >= 0.3 is 10.4 Å². The van der Waals surface area contributed by atoms with E-state index < -0.39 is 41.6 Å². The number of non-ortho nitro benzene ring substituents is 2. The SMILES string of the molecule is CC1(C)C(=O)Nc2ccc([N+](=O)[O-])cc21.CC1(C)C(=O)Nc2ccccc21.CCN1C(=O)C(C)(C)c2cc(N)ccc21.CCN1C(=O)C(C)(C)c2cc([N+](=O)[O-])ccc21.CCO.O=S(=O)(O)O.O=[N+]([O-])O. The number of nitrogens with zero attached hydrogens (tertiary/aromatic N) is 5. The van der Waals surface area contributed by atoms with E-state index in [9.17, 15) is 39.4 Å². The second kappa shape index (κ2) is 23.3. The number of aliphatic hydroxyl groups excluding tert-OH is 1. The van der Waals surface area contributed by atoms with Crippen molar-refractivity contribution in [3.8, 4) is 0 Å². The molecular formula is C46H60N8O16S. The van der Waals surface area contributed by atoms with Gasteiger partial charge < -0.3 is 36.5 Å². The fraction of sp³-hybridized carbons (Fsp3) is 0.391. The number of nitrogens with two attached hydrogens (primary N) is 1. The van der Waals surface area contributed by atoms with Crippen LogP contribution in [0.4, 0.5) is 39.8 Å². The van der Waals surface area contributed by atoms with Crippen molar-refractivity contribution in [2.45, 2.75) is 97.8 Å². The zero-order chi connectivity index (χ0) is 54.8. The number of hydrogen-bond donors (Lipinski definition) is 7. The number of fused-ring (bicyclic) bond motifs is 4. The van der Waals surface area contributed by atoms with E-state index in [0.29, 0.717) is 30.0 Å². The molecule has 0 bridgehead atoms. The highest BCUT2D eigenvalue weighted by Gasteiger charge is 2.45. The van der Waals surface area contributed by atoms with Crippen LogP contribution < -0.4 is 26.2 Å². The van der Waals surface area contributed by atoms with Crippen molar-refractivity contribution in [1.82, 2.24) is 0 Å². The highest BCUT2D eigenvalue weighted by molar-refractivity contribution is 7.79. The summed E-state index contributed by atoms with van der Waals surface area (Å²) in [7, 11) is -4.67.